The maximum absolute atomic E-state index is 14.1. The number of fused-ring (bicyclic) bond motifs is 1. The van der Waals surface area contributed by atoms with Gasteiger partial charge in [-0.25, -0.2) is 14.2 Å². The fourth-order valence-electron chi connectivity index (χ4n) is 5.74. The minimum Gasteiger partial charge on any atom is -0.508 e. The number of halogens is 1. The van der Waals surface area contributed by atoms with Gasteiger partial charge in [-0.2, -0.15) is 0 Å². The van der Waals surface area contributed by atoms with E-state index in [-0.39, 0.29) is 49.4 Å². The first-order valence-corrected chi connectivity index (χ1v) is 14.7. The van der Waals surface area contributed by atoms with Gasteiger partial charge < -0.3 is 29.7 Å². The maximum atomic E-state index is 14.1. The lowest BCUT2D eigenvalue weighted by molar-refractivity contribution is -0.183. The van der Waals surface area contributed by atoms with Crippen LogP contribution in [0.15, 0.2) is 92.3 Å². The largest absolute Gasteiger partial charge is 0.508 e. The van der Waals surface area contributed by atoms with Crippen LogP contribution in [0.3, 0.4) is 0 Å². The quantitative estimate of drug-likeness (QED) is 0.310. The summed E-state index contributed by atoms with van der Waals surface area (Å²) in [5.41, 5.74) is 2.32. The van der Waals surface area contributed by atoms with Crippen LogP contribution in [0, 0.1) is 5.82 Å². The Bertz CT molecular complexity index is 1600. The van der Waals surface area contributed by atoms with E-state index in [1.165, 1.54) is 58.8 Å². The molecule has 11 nitrogen and oxygen atoms in total. The van der Waals surface area contributed by atoms with Gasteiger partial charge in [0.15, 0.2) is 11.5 Å². The van der Waals surface area contributed by atoms with Gasteiger partial charge in [-0.1, -0.05) is 43.5 Å². The first kappa shape index (κ1) is 31.9. The lowest BCUT2D eigenvalue weighted by atomic mass is 9.98. The van der Waals surface area contributed by atoms with Crippen molar-refractivity contribution in [3.8, 4) is 17.2 Å². The van der Waals surface area contributed by atoms with Crippen molar-refractivity contribution in [2.75, 3.05) is 26.7 Å². The van der Waals surface area contributed by atoms with Crippen LogP contribution in [0.25, 0.3) is 0 Å². The van der Waals surface area contributed by atoms with Crippen LogP contribution in [-0.4, -0.2) is 81.7 Å². The zero-order chi connectivity index (χ0) is 32.8. The van der Waals surface area contributed by atoms with Gasteiger partial charge in [0.05, 0.1) is 19.9 Å². The van der Waals surface area contributed by atoms with Crippen LogP contribution in [0.4, 0.5) is 9.18 Å². The molecule has 0 aromatic heterocycles. The number of phenolic OH excluding ortho intramolecular Hbond substituents is 1. The number of urea groups is 1. The molecule has 0 spiro atoms. The summed E-state index contributed by atoms with van der Waals surface area (Å²) in [6.45, 7) is 7.68. The van der Waals surface area contributed by atoms with Crippen molar-refractivity contribution in [3.05, 3.63) is 115 Å². The van der Waals surface area contributed by atoms with Crippen LogP contribution in [-0.2, 0) is 29.0 Å². The second-order valence-electron chi connectivity index (χ2n) is 10.9. The Hall–Kier alpha value is -5.52. The number of piperazine rings is 1. The Morgan fingerprint density at radius 3 is 2.39 bits per heavy atom. The predicted molar refractivity (Wildman–Crippen MR) is 168 cm³/mol. The summed E-state index contributed by atoms with van der Waals surface area (Å²) < 4.78 is 24.3. The van der Waals surface area contributed by atoms with E-state index in [4.69, 9.17) is 9.47 Å². The summed E-state index contributed by atoms with van der Waals surface area (Å²) in [6, 6.07) is 16.3. The predicted octanol–water partition coefficient (Wildman–Crippen LogP) is 3.80. The van der Waals surface area contributed by atoms with Gasteiger partial charge in [0.2, 0.25) is 11.8 Å². The molecule has 4 amide bonds. The summed E-state index contributed by atoms with van der Waals surface area (Å²) in [4.78, 5) is 44.6. The number of carbonyl (C=O) groups excluding carboxylic acids is 3. The molecule has 2 aliphatic rings. The molecule has 0 bridgehead atoms. The molecule has 240 valence electrons. The molecule has 0 aliphatic carbocycles. The highest BCUT2D eigenvalue weighted by Crippen LogP contribution is 2.31. The Labute approximate surface area is 266 Å². The number of hydrogen-bond donors (Lipinski definition) is 2. The zero-order valence-electron chi connectivity index (χ0n) is 25.5. The van der Waals surface area contributed by atoms with Crippen molar-refractivity contribution in [1.82, 2.24) is 25.1 Å². The molecule has 2 aliphatic heterocycles. The van der Waals surface area contributed by atoms with Crippen molar-refractivity contribution < 1.29 is 33.4 Å². The summed E-state index contributed by atoms with van der Waals surface area (Å²) in [5, 5.41) is 15.5. The lowest BCUT2D eigenvalue weighted by Gasteiger charge is -2.55. The van der Waals surface area contributed by atoms with Crippen LogP contribution in [0.5, 0.6) is 17.2 Å². The highest BCUT2D eigenvalue weighted by molar-refractivity contribution is 5.91. The standard InChI is InChI=1S/C34H36FN5O6/c1-4-38-22-32(42)39-28(18-23-8-13-27(41)14-9-23)33(43)37(17-16-24-10-15-29(46-5-2)30(19-24)45-3)21-31(39)40(38)34(44)36-20-25-6-11-26(35)12-7-25/h4-15,19,28,31,41H,1-2,16-18,20-22H2,3H3,(H,36,44)/t28-,31-/m0/s1. The minimum absolute atomic E-state index is 0.0553. The van der Waals surface area contributed by atoms with E-state index in [1.54, 1.807) is 35.2 Å². The number of amides is 4. The molecule has 12 heteroatoms. The Morgan fingerprint density at radius 2 is 1.72 bits per heavy atom. The Kier molecular flexibility index (Phi) is 9.75. The normalized spacial score (nSPS) is 17.8. The summed E-state index contributed by atoms with van der Waals surface area (Å²) in [7, 11) is 1.53. The second-order valence-corrected chi connectivity index (χ2v) is 10.9. The van der Waals surface area contributed by atoms with E-state index >= 15 is 0 Å². The van der Waals surface area contributed by atoms with Gasteiger partial charge in [0, 0.05) is 25.7 Å². The Morgan fingerprint density at radius 1 is 1.02 bits per heavy atom. The molecule has 0 radical (unpaired) electrons. The molecule has 46 heavy (non-hydrogen) atoms. The van der Waals surface area contributed by atoms with E-state index in [9.17, 15) is 23.9 Å². The SMILES string of the molecule is C=COc1ccc(CCN2C[C@H]3N(C(=O)CN(C=C)N3C(=O)NCc3ccc(F)cc3)[C@@H](Cc3ccc(O)cc3)C2=O)cc1OC. The third kappa shape index (κ3) is 6.90. The minimum atomic E-state index is -0.909. The Balaban J connectivity index is 1.43. The first-order chi connectivity index (χ1) is 22.2. The number of hydrogen-bond acceptors (Lipinski definition) is 7. The average Bonchev–Trinajstić information content (AvgIpc) is 3.06. The maximum Gasteiger partial charge on any atom is 0.338 e. The van der Waals surface area contributed by atoms with Crippen LogP contribution < -0.4 is 14.8 Å². The van der Waals surface area contributed by atoms with Gasteiger partial charge in [-0.15, -0.1) is 0 Å². The van der Waals surface area contributed by atoms with Crippen molar-refractivity contribution >= 4 is 17.8 Å². The zero-order valence-corrected chi connectivity index (χ0v) is 25.5. The molecule has 2 saturated heterocycles. The molecule has 2 fully saturated rings. The van der Waals surface area contributed by atoms with E-state index in [1.807, 2.05) is 12.1 Å². The van der Waals surface area contributed by atoms with Crippen LogP contribution in [0.2, 0.25) is 0 Å². The molecule has 0 saturated carbocycles. The molecular weight excluding hydrogens is 593 g/mol. The van der Waals surface area contributed by atoms with E-state index in [0.29, 0.717) is 30.0 Å². The molecule has 5 rings (SSSR count). The summed E-state index contributed by atoms with van der Waals surface area (Å²) >= 11 is 0. The summed E-state index contributed by atoms with van der Waals surface area (Å²) in [5.74, 6) is 0.138. The molecule has 2 atom stereocenters. The van der Waals surface area contributed by atoms with Crippen molar-refractivity contribution in [2.45, 2.75) is 31.6 Å². The molecule has 2 N–H and O–H groups in total. The first-order valence-electron chi connectivity index (χ1n) is 14.7. The molecule has 3 aromatic rings. The molecule has 2 heterocycles. The highest BCUT2D eigenvalue weighted by Gasteiger charge is 2.50. The summed E-state index contributed by atoms with van der Waals surface area (Å²) in [6.07, 6.45) is 2.51. The number of rotatable bonds is 11. The number of hydrazine groups is 1. The lowest BCUT2D eigenvalue weighted by Crippen LogP contribution is -2.76. The monoisotopic (exact) mass is 629 g/mol. The van der Waals surface area contributed by atoms with E-state index < -0.39 is 18.2 Å². The topological polar surface area (TPSA) is 115 Å². The fourth-order valence-corrected chi connectivity index (χ4v) is 5.74. The average molecular weight is 630 g/mol. The molecule has 0 unspecified atom stereocenters. The number of carbonyl (C=O) groups is 3. The second kappa shape index (κ2) is 14.1. The van der Waals surface area contributed by atoms with Crippen LogP contribution in [0.1, 0.15) is 16.7 Å². The molecular formula is C34H36FN5O6. The van der Waals surface area contributed by atoms with Crippen LogP contribution >= 0.6 is 0 Å². The number of aromatic hydroxyl groups is 1. The highest BCUT2D eigenvalue weighted by atomic mass is 19.1. The van der Waals surface area contributed by atoms with Gasteiger partial charge in [-0.05, 0) is 59.5 Å². The number of ether oxygens (including phenoxy) is 2. The van der Waals surface area contributed by atoms with Gasteiger partial charge in [-0.3, -0.25) is 14.6 Å². The van der Waals surface area contributed by atoms with Crippen molar-refractivity contribution in [2.24, 2.45) is 0 Å². The van der Waals surface area contributed by atoms with Crippen molar-refractivity contribution in [3.63, 3.8) is 0 Å². The van der Waals surface area contributed by atoms with Gasteiger partial charge in [0.25, 0.3) is 0 Å². The van der Waals surface area contributed by atoms with E-state index in [2.05, 4.69) is 18.5 Å². The van der Waals surface area contributed by atoms with Gasteiger partial charge >= 0.3 is 6.03 Å². The number of nitrogens with one attached hydrogen (secondary N) is 1. The van der Waals surface area contributed by atoms with Crippen molar-refractivity contribution in [1.29, 1.82) is 0 Å². The smallest absolute Gasteiger partial charge is 0.338 e. The number of benzene rings is 3. The molecule has 3 aromatic carbocycles. The number of phenols is 1. The fraction of sp³-hybridized carbons (Fsp3) is 0.265. The number of nitrogens with zero attached hydrogens (tertiary/aromatic N) is 4. The van der Waals surface area contributed by atoms with Gasteiger partial charge in [0.1, 0.15) is 30.3 Å². The van der Waals surface area contributed by atoms with E-state index in [0.717, 1.165) is 11.1 Å². The third-order valence-corrected chi connectivity index (χ3v) is 8.03. The number of methoxy groups -OCH3 is 1. The third-order valence-electron chi connectivity index (χ3n) is 8.03.